The molecule has 3 aromatic rings. The lowest BCUT2D eigenvalue weighted by atomic mass is 10.1. The molecule has 2 N–H and O–H groups in total. The Morgan fingerprint density at radius 2 is 2.07 bits per heavy atom. The Morgan fingerprint density at radius 1 is 1.27 bits per heavy atom. The second-order valence-electron chi connectivity index (χ2n) is 7.72. The molecule has 0 atom stereocenters. The lowest BCUT2D eigenvalue weighted by molar-refractivity contribution is 0.0950. The molecule has 5 rings (SSSR count). The highest BCUT2D eigenvalue weighted by atomic mass is 35.5. The Balaban J connectivity index is 1.41. The number of rotatable bonds is 4. The van der Waals surface area contributed by atoms with E-state index in [9.17, 15) is 14.4 Å². The maximum atomic E-state index is 12.9. The molecule has 2 amide bonds. The van der Waals surface area contributed by atoms with E-state index in [4.69, 9.17) is 11.6 Å². The third kappa shape index (κ3) is 3.30. The molecular formula is C21H19ClN4O3S. The number of benzene rings is 1. The Morgan fingerprint density at radius 3 is 2.80 bits per heavy atom. The van der Waals surface area contributed by atoms with Crippen molar-refractivity contribution in [3.05, 3.63) is 55.4 Å². The number of nitrogens with zero attached hydrogens (tertiary/aromatic N) is 2. The van der Waals surface area contributed by atoms with Gasteiger partial charge in [-0.15, -0.1) is 11.3 Å². The third-order valence-electron chi connectivity index (χ3n) is 5.50. The van der Waals surface area contributed by atoms with E-state index < -0.39 is 0 Å². The molecule has 1 aliphatic carbocycles. The van der Waals surface area contributed by atoms with Crippen LogP contribution >= 0.6 is 22.9 Å². The highest BCUT2D eigenvalue weighted by Crippen LogP contribution is 2.30. The van der Waals surface area contributed by atoms with Crippen LogP contribution in [-0.4, -0.2) is 27.4 Å². The molecule has 1 saturated carbocycles. The Labute approximate surface area is 181 Å². The lowest BCUT2D eigenvalue weighted by Gasteiger charge is -2.09. The minimum atomic E-state index is -0.327. The largest absolute Gasteiger partial charge is 0.349 e. The van der Waals surface area contributed by atoms with Crippen LogP contribution < -0.4 is 16.2 Å². The Kier molecular flexibility index (Phi) is 4.63. The van der Waals surface area contributed by atoms with Crippen LogP contribution in [0.1, 0.15) is 50.7 Å². The Hall–Kier alpha value is -2.71. The molecular weight excluding hydrogens is 424 g/mol. The first-order valence-electron chi connectivity index (χ1n) is 9.87. The molecule has 0 radical (unpaired) electrons. The maximum absolute atomic E-state index is 12.9. The van der Waals surface area contributed by atoms with E-state index in [0.29, 0.717) is 38.5 Å². The lowest BCUT2D eigenvalue weighted by Crippen LogP contribution is -2.25. The van der Waals surface area contributed by atoms with E-state index in [0.717, 1.165) is 31.5 Å². The van der Waals surface area contributed by atoms with Crippen molar-refractivity contribution in [1.29, 1.82) is 0 Å². The van der Waals surface area contributed by atoms with Gasteiger partial charge in [-0.1, -0.05) is 11.6 Å². The summed E-state index contributed by atoms with van der Waals surface area (Å²) in [6.07, 6.45) is 3.69. The molecule has 0 spiro atoms. The molecule has 9 heteroatoms. The number of fused-ring (bicyclic) bond motifs is 2. The van der Waals surface area contributed by atoms with Gasteiger partial charge in [0.15, 0.2) is 0 Å². The van der Waals surface area contributed by atoms with Gasteiger partial charge >= 0.3 is 0 Å². The number of hydrogen-bond acceptors (Lipinski definition) is 5. The zero-order chi connectivity index (χ0) is 21.0. The molecule has 154 valence electrons. The summed E-state index contributed by atoms with van der Waals surface area (Å²) in [4.78, 5) is 43.6. The molecule has 3 heterocycles. The smallest absolute Gasteiger partial charge is 0.266 e. The van der Waals surface area contributed by atoms with Crippen LogP contribution in [0, 0.1) is 6.92 Å². The molecule has 1 aliphatic heterocycles. The van der Waals surface area contributed by atoms with Crippen LogP contribution in [0.3, 0.4) is 0 Å². The maximum Gasteiger partial charge on any atom is 0.266 e. The van der Waals surface area contributed by atoms with E-state index in [2.05, 4.69) is 15.6 Å². The number of carbonyl (C=O) groups is 2. The van der Waals surface area contributed by atoms with Crippen molar-refractivity contribution in [3.8, 4) is 0 Å². The van der Waals surface area contributed by atoms with E-state index >= 15 is 0 Å². The van der Waals surface area contributed by atoms with Crippen LogP contribution in [0.4, 0.5) is 5.69 Å². The fraction of sp³-hybridized carbons (Fsp3) is 0.333. The van der Waals surface area contributed by atoms with Crippen LogP contribution in [0.2, 0.25) is 5.02 Å². The second kappa shape index (κ2) is 7.21. The molecule has 30 heavy (non-hydrogen) atoms. The van der Waals surface area contributed by atoms with Gasteiger partial charge in [0.1, 0.15) is 10.7 Å². The molecule has 1 fully saturated rings. The summed E-state index contributed by atoms with van der Waals surface area (Å²) in [6.45, 7) is 2.45. The summed E-state index contributed by atoms with van der Waals surface area (Å²) in [5.41, 5.74) is 1.43. The molecule has 0 unspecified atom stereocenters. The number of anilines is 1. The first-order valence-corrected chi connectivity index (χ1v) is 11.1. The molecule has 7 nitrogen and oxygen atoms in total. The number of aromatic nitrogens is 2. The van der Waals surface area contributed by atoms with Crippen molar-refractivity contribution in [1.82, 2.24) is 14.9 Å². The van der Waals surface area contributed by atoms with E-state index in [1.165, 1.54) is 11.3 Å². The fourth-order valence-electron chi connectivity index (χ4n) is 3.75. The van der Waals surface area contributed by atoms with Crippen LogP contribution in [0.5, 0.6) is 0 Å². The molecule has 0 saturated heterocycles. The Bertz CT molecular complexity index is 1280. The predicted octanol–water partition coefficient (Wildman–Crippen LogP) is 3.51. The monoisotopic (exact) mass is 442 g/mol. The average molecular weight is 443 g/mol. The van der Waals surface area contributed by atoms with Crippen molar-refractivity contribution in [2.45, 2.75) is 45.2 Å². The van der Waals surface area contributed by atoms with Crippen LogP contribution in [0.25, 0.3) is 10.2 Å². The number of nitrogens with one attached hydrogen (secondary N) is 2. The minimum Gasteiger partial charge on any atom is -0.349 e. The van der Waals surface area contributed by atoms with Crippen molar-refractivity contribution < 1.29 is 9.59 Å². The molecule has 0 bridgehead atoms. The van der Waals surface area contributed by atoms with Gasteiger partial charge in [-0.3, -0.25) is 19.0 Å². The van der Waals surface area contributed by atoms with Gasteiger partial charge in [0, 0.05) is 24.7 Å². The van der Waals surface area contributed by atoms with Crippen LogP contribution in [-0.2, 0) is 13.0 Å². The topological polar surface area (TPSA) is 93.1 Å². The SMILES string of the molecule is Cc1c(C(=O)Nc2ccc(C(=O)NC3CC3)c(Cl)c2)sc2nc3n(c(=O)c12)CCC3. The predicted molar refractivity (Wildman–Crippen MR) is 117 cm³/mol. The highest BCUT2D eigenvalue weighted by Gasteiger charge is 2.25. The number of aryl methyl sites for hydroxylation is 2. The van der Waals surface area contributed by atoms with Gasteiger partial charge < -0.3 is 10.6 Å². The minimum absolute atomic E-state index is 0.0747. The standard InChI is InChI=1S/C21H19ClN4O3S/c1-10-16-20(25-15-3-2-8-26(15)21(16)29)30-17(10)19(28)24-12-6-7-13(14(22)9-12)18(27)23-11-4-5-11/h6-7,9,11H,2-5,8H2,1H3,(H,23,27)(H,24,28). The third-order valence-corrected chi connectivity index (χ3v) is 7.00. The van der Waals surface area contributed by atoms with Gasteiger partial charge in [-0.2, -0.15) is 0 Å². The van der Waals surface area contributed by atoms with Gasteiger partial charge in [0.2, 0.25) is 0 Å². The number of carbonyl (C=O) groups excluding carboxylic acids is 2. The summed E-state index contributed by atoms with van der Waals surface area (Å²) in [7, 11) is 0. The molecule has 1 aromatic carbocycles. The number of halogens is 1. The number of amides is 2. The molecule has 2 aromatic heterocycles. The fourth-order valence-corrected chi connectivity index (χ4v) is 5.10. The zero-order valence-electron chi connectivity index (χ0n) is 16.3. The van der Waals surface area contributed by atoms with E-state index in [1.54, 1.807) is 29.7 Å². The van der Waals surface area contributed by atoms with Crippen LogP contribution in [0.15, 0.2) is 23.0 Å². The summed E-state index contributed by atoms with van der Waals surface area (Å²) in [5, 5.41) is 6.50. The molecule has 2 aliphatic rings. The number of thiophene rings is 1. The van der Waals surface area contributed by atoms with Gasteiger partial charge in [-0.05, 0) is 49.9 Å². The zero-order valence-corrected chi connectivity index (χ0v) is 17.8. The summed E-state index contributed by atoms with van der Waals surface area (Å²) >= 11 is 7.49. The van der Waals surface area contributed by atoms with E-state index in [1.807, 2.05) is 0 Å². The summed E-state index contributed by atoms with van der Waals surface area (Å²) in [6, 6.07) is 5.05. The first kappa shape index (κ1) is 19.3. The van der Waals surface area contributed by atoms with Crippen molar-refractivity contribution >= 4 is 50.7 Å². The van der Waals surface area contributed by atoms with E-state index in [-0.39, 0.29) is 28.4 Å². The van der Waals surface area contributed by atoms with Gasteiger partial charge in [0.25, 0.3) is 17.4 Å². The summed E-state index contributed by atoms with van der Waals surface area (Å²) in [5.74, 6) is 0.249. The second-order valence-corrected chi connectivity index (χ2v) is 9.13. The summed E-state index contributed by atoms with van der Waals surface area (Å²) < 4.78 is 1.70. The van der Waals surface area contributed by atoms with Gasteiger partial charge in [0.05, 0.1) is 20.8 Å². The quantitative estimate of drug-likeness (QED) is 0.646. The highest BCUT2D eigenvalue weighted by molar-refractivity contribution is 7.20. The average Bonchev–Trinajstić information content (AvgIpc) is 3.26. The van der Waals surface area contributed by atoms with Crippen molar-refractivity contribution in [2.75, 3.05) is 5.32 Å². The van der Waals surface area contributed by atoms with Crippen molar-refractivity contribution in [2.24, 2.45) is 0 Å². The van der Waals surface area contributed by atoms with Gasteiger partial charge in [-0.25, -0.2) is 4.98 Å². The normalized spacial score (nSPS) is 15.3. The number of hydrogen-bond donors (Lipinski definition) is 2. The first-order chi connectivity index (χ1) is 14.4. The van der Waals surface area contributed by atoms with Crippen molar-refractivity contribution in [3.63, 3.8) is 0 Å².